The van der Waals surface area contributed by atoms with Crippen LogP contribution < -0.4 is 5.32 Å². The van der Waals surface area contributed by atoms with Crippen molar-refractivity contribution in [3.63, 3.8) is 0 Å². The van der Waals surface area contributed by atoms with E-state index in [4.69, 9.17) is 16.3 Å². The lowest BCUT2D eigenvalue weighted by Crippen LogP contribution is -2.28. The number of hydrogen-bond acceptors (Lipinski definition) is 2. The molecular weight excluding hydrogens is 295 g/mol. The molecule has 0 spiro atoms. The van der Waals surface area contributed by atoms with Crippen LogP contribution in [0.25, 0.3) is 0 Å². The molecule has 2 rings (SSSR count). The molecule has 1 fully saturated rings. The van der Waals surface area contributed by atoms with Crippen molar-refractivity contribution >= 4 is 23.2 Å². The fraction of sp³-hybridized carbons (Fsp3) is 0.462. The lowest BCUT2D eigenvalue weighted by molar-refractivity contribution is -0.137. The smallest absolute Gasteiger partial charge is 0.365 e. The molecule has 0 aromatic heterocycles. The first kappa shape index (κ1) is 15.1. The summed E-state index contributed by atoms with van der Waals surface area (Å²) >= 11 is 5.80. The van der Waals surface area contributed by atoms with Crippen LogP contribution >= 0.6 is 11.6 Å². The Morgan fingerprint density at radius 3 is 2.65 bits per heavy atom. The van der Waals surface area contributed by atoms with Crippen LogP contribution in [0.15, 0.2) is 18.2 Å². The summed E-state index contributed by atoms with van der Waals surface area (Å²) in [6.45, 7) is 1.84. The zero-order chi connectivity index (χ0) is 14.9. The molecule has 1 amide bonds. The van der Waals surface area contributed by atoms with Gasteiger partial charge in [-0.15, -0.1) is 0 Å². The van der Waals surface area contributed by atoms with Crippen LogP contribution in [-0.4, -0.2) is 18.1 Å². The third-order valence-corrected chi connectivity index (χ3v) is 3.41. The fourth-order valence-electron chi connectivity index (χ4n) is 2.01. The average Bonchev–Trinajstić information content (AvgIpc) is 2.77. The van der Waals surface area contributed by atoms with E-state index in [0.29, 0.717) is 6.42 Å². The summed E-state index contributed by atoms with van der Waals surface area (Å²) in [5, 5.41) is 2.44. The van der Waals surface area contributed by atoms with Crippen LogP contribution in [0.2, 0.25) is 5.02 Å². The molecule has 1 aliphatic heterocycles. The molecule has 0 bridgehead atoms. The highest BCUT2D eigenvalue weighted by molar-refractivity contribution is 6.33. The van der Waals surface area contributed by atoms with Crippen molar-refractivity contribution in [3.05, 3.63) is 28.8 Å². The number of halogens is 4. The standard InChI is InChI=1S/C13H13ClF3NO2/c1-7-2-5-11(20-7)12(19)18-10-6-8(13(15,16)17)3-4-9(10)14/h3-4,6-7,11H,2,5H2,1H3,(H,18,19). The molecule has 1 heterocycles. The maximum absolute atomic E-state index is 12.6. The van der Waals surface area contributed by atoms with Gasteiger partial charge in [0.2, 0.25) is 0 Å². The molecule has 3 nitrogen and oxygen atoms in total. The van der Waals surface area contributed by atoms with E-state index in [1.54, 1.807) is 0 Å². The predicted molar refractivity (Wildman–Crippen MR) is 68.7 cm³/mol. The molecule has 0 radical (unpaired) electrons. The second-order valence-electron chi connectivity index (χ2n) is 4.69. The lowest BCUT2D eigenvalue weighted by atomic mass is 10.1. The van der Waals surface area contributed by atoms with Crippen molar-refractivity contribution in [2.75, 3.05) is 5.32 Å². The molecule has 20 heavy (non-hydrogen) atoms. The summed E-state index contributed by atoms with van der Waals surface area (Å²) in [5.41, 5.74) is -0.924. The Kier molecular flexibility index (Phi) is 4.25. The number of alkyl halides is 3. The minimum Gasteiger partial charge on any atom is -0.365 e. The summed E-state index contributed by atoms with van der Waals surface area (Å²) < 4.78 is 43.2. The highest BCUT2D eigenvalue weighted by Crippen LogP contribution is 2.34. The van der Waals surface area contributed by atoms with E-state index in [1.165, 1.54) is 0 Å². The minimum absolute atomic E-state index is 0.0252. The number of rotatable bonds is 2. The summed E-state index contributed by atoms with van der Waals surface area (Å²) in [6, 6.07) is 2.79. The first-order valence-corrected chi connectivity index (χ1v) is 6.48. The Labute approximate surface area is 119 Å². The summed E-state index contributed by atoms with van der Waals surface area (Å²) in [5.74, 6) is -0.476. The summed E-state index contributed by atoms with van der Waals surface area (Å²) in [6.07, 6.45) is -3.86. The van der Waals surface area contributed by atoms with Gasteiger partial charge in [0.25, 0.3) is 5.91 Å². The number of carbonyl (C=O) groups excluding carboxylic acids is 1. The number of benzene rings is 1. The van der Waals surface area contributed by atoms with Gasteiger partial charge in [0.05, 0.1) is 22.4 Å². The molecule has 7 heteroatoms. The van der Waals surface area contributed by atoms with Gasteiger partial charge in [0.15, 0.2) is 0 Å². The summed E-state index contributed by atoms with van der Waals surface area (Å²) in [4.78, 5) is 11.9. The first-order chi connectivity index (χ1) is 9.27. The molecular formula is C13H13ClF3NO2. The lowest BCUT2D eigenvalue weighted by Gasteiger charge is -2.14. The molecule has 1 aromatic rings. The number of amides is 1. The normalized spacial score (nSPS) is 22.9. The molecule has 2 unspecified atom stereocenters. The second-order valence-corrected chi connectivity index (χ2v) is 5.10. The fourth-order valence-corrected chi connectivity index (χ4v) is 2.17. The van der Waals surface area contributed by atoms with E-state index in [0.717, 1.165) is 24.6 Å². The van der Waals surface area contributed by atoms with Gasteiger partial charge in [-0.2, -0.15) is 13.2 Å². The SMILES string of the molecule is CC1CCC(C(=O)Nc2cc(C(F)(F)F)ccc2Cl)O1. The maximum atomic E-state index is 12.6. The molecule has 1 aliphatic rings. The van der Waals surface area contributed by atoms with Crippen molar-refractivity contribution in [3.8, 4) is 0 Å². The number of nitrogens with one attached hydrogen (secondary N) is 1. The zero-order valence-electron chi connectivity index (χ0n) is 10.6. The first-order valence-electron chi connectivity index (χ1n) is 6.10. The van der Waals surface area contributed by atoms with Gasteiger partial charge in [-0.3, -0.25) is 4.79 Å². The van der Waals surface area contributed by atoms with Crippen LogP contribution in [0.4, 0.5) is 18.9 Å². The van der Waals surface area contributed by atoms with Crippen molar-refractivity contribution in [2.45, 2.75) is 38.1 Å². The highest BCUT2D eigenvalue weighted by atomic mass is 35.5. The van der Waals surface area contributed by atoms with Crippen LogP contribution in [-0.2, 0) is 15.7 Å². The topological polar surface area (TPSA) is 38.3 Å². The van der Waals surface area contributed by atoms with E-state index >= 15 is 0 Å². The van der Waals surface area contributed by atoms with E-state index in [-0.39, 0.29) is 16.8 Å². The number of ether oxygens (including phenoxy) is 1. The minimum atomic E-state index is -4.48. The Hall–Kier alpha value is -1.27. The van der Waals surface area contributed by atoms with Gasteiger partial charge >= 0.3 is 6.18 Å². The van der Waals surface area contributed by atoms with Crippen LogP contribution in [0.5, 0.6) is 0 Å². The van der Waals surface area contributed by atoms with Crippen molar-refractivity contribution < 1.29 is 22.7 Å². The van der Waals surface area contributed by atoms with Crippen LogP contribution in [0.1, 0.15) is 25.3 Å². The number of carbonyl (C=O) groups is 1. The molecule has 2 atom stereocenters. The van der Waals surface area contributed by atoms with Gasteiger partial charge in [-0.05, 0) is 38.0 Å². The van der Waals surface area contributed by atoms with Crippen molar-refractivity contribution in [1.29, 1.82) is 0 Å². The third kappa shape index (κ3) is 3.43. The van der Waals surface area contributed by atoms with E-state index < -0.39 is 23.8 Å². The van der Waals surface area contributed by atoms with Gasteiger partial charge in [-0.25, -0.2) is 0 Å². The maximum Gasteiger partial charge on any atom is 0.416 e. The molecule has 1 aromatic carbocycles. The second kappa shape index (κ2) is 5.61. The Morgan fingerprint density at radius 2 is 2.10 bits per heavy atom. The van der Waals surface area contributed by atoms with Gasteiger partial charge < -0.3 is 10.1 Å². The third-order valence-electron chi connectivity index (χ3n) is 3.08. The molecule has 110 valence electrons. The largest absolute Gasteiger partial charge is 0.416 e. The van der Waals surface area contributed by atoms with Gasteiger partial charge in [-0.1, -0.05) is 11.6 Å². The monoisotopic (exact) mass is 307 g/mol. The highest BCUT2D eigenvalue weighted by Gasteiger charge is 2.32. The Morgan fingerprint density at radius 1 is 1.40 bits per heavy atom. The van der Waals surface area contributed by atoms with E-state index in [1.807, 2.05) is 6.92 Å². The predicted octanol–water partition coefficient (Wildman–Crippen LogP) is 3.86. The Balaban J connectivity index is 2.14. The molecule has 1 saturated heterocycles. The number of anilines is 1. The van der Waals surface area contributed by atoms with Crippen LogP contribution in [0.3, 0.4) is 0 Å². The average molecular weight is 308 g/mol. The van der Waals surface area contributed by atoms with Gasteiger partial charge in [0.1, 0.15) is 6.10 Å². The van der Waals surface area contributed by atoms with Crippen molar-refractivity contribution in [1.82, 2.24) is 0 Å². The molecule has 0 saturated carbocycles. The van der Waals surface area contributed by atoms with Crippen LogP contribution in [0, 0.1) is 0 Å². The van der Waals surface area contributed by atoms with Gasteiger partial charge in [0, 0.05) is 0 Å². The number of hydrogen-bond donors (Lipinski definition) is 1. The van der Waals surface area contributed by atoms with E-state index in [9.17, 15) is 18.0 Å². The van der Waals surface area contributed by atoms with Crippen molar-refractivity contribution in [2.24, 2.45) is 0 Å². The quantitative estimate of drug-likeness (QED) is 0.901. The molecule has 0 aliphatic carbocycles. The molecule has 1 N–H and O–H groups in total. The zero-order valence-corrected chi connectivity index (χ0v) is 11.4. The Bertz CT molecular complexity index is 519. The van der Waals surface area contributed by atoms with E-state index in [2.05, 4.69) is 5.32 Å². The summed E-state index contributed by atoms with van der Waals surface area (Å²) in [7, 11) is 0.